The van der Waals surface area contributed by atoms with Crippen molar-refractivity contribution in [3.8, 4) is 11.1 Å². The Kier molecular flexibility index (Phi) is 6.10. The van der Waals surface area contributed by atoms with Gasteiger partial charge in [0.2, 0.25) is 5.88 Å². The molecule has 0 radical (unpaired) electrons. The van der Waals surface area contributed by atoms with Gasteiger partial charge in [0.25, 0.3) is 0 Å². The number of amides is 2. The second-order valence-corrected chi connectivity index (χ2v) is 9.86. The topological polar surface area (TPSA) is 141 Å². The van der Waals surface area contributed by atoms with Crippen molar-refractivity contribution in [2.45, 2.75) is 32.7 Å². The van der Waals surface area contributed by atoms with Crippen molar-refractivity contribution < 1.29 is 14.1 Å². The molecule has 1 saturated heterocycles. The van der Waals surface area contributed by atoms with Gasteiger partial charge in [0.05, 0.1) is 30.3 Å². The summed E-state index contributed by atoms with van der Waals surface area (Å²) in [6.45, 7) is 9.92. The third-order valence-corrected chi connectivity index (χ3v) is 6.29. The van der Waals surface area contributed by atoms with Crippen LogP contribution in [-0.4, -0.2) is 57.0 Å². The predicted molar refractivity (Wildman–Crippen MR) is 136 cm³/mol. The first-order chi connectivity index (χ1) is 17.2. The number of ether oxygens (including phenoxy) is 1. The number of urea groups is 1. The van der Waals surface area contributed by atoms with Crippen molar-refractivity contribution in [2.24, 2.45) is 5.73 Å². The van der Waals surface area contributed by atoms with Crippen LogP contribution in [0.4, 0.5) is 22.2 Å². The third kappa shape index (κ3) is 4.50. The lowest BCUT2D eigenvalue weighted by Crippen LogP contribution is -2.36. The van der Waals surface area contributed by atoms with E-state index in [4.69, 9.17) is 20.7 Å². The van der Waals surface area contributed by atoms with Gasteiger partial charge in [-0.1, -0.05) is 38.1 Å². The van der Waals surface area contributed by atoms with Gasteiger partial charge >= 0.3 is 6.03 Å². The smallest absolute Gasteiger partial charge is 0.326 e. The Hall–Kier alpha value is -3.96. The number of rotatable bonds is 5. The van der Waals surface area contributed by atoms with E-state index in [9.17, 15) is 4.79 Å². The number of nitrogen functional groups attached to an aromatic ring is 1. The van der Waals surface area contributed by atoms with Crippen LogP contribution in [0, 0.1) is 0 Å². The van der Waals surface area contributed by atoms with Crippen molar-refractivity contribution in [1.82, 2.24) is 24.7 Å². The van der Waals surface area contributed by atoms with Gasteiger partial charge in [-0.05, 0) is 23.8 Å². The summed E-state index contributed by atoms with van der Waals surface area (Å²) in [7, 11) is 0. The number of fused-ring (bicyclic) bond motifs is 1. The van der Waals surface area contributed by atoms with Gasteiger partial charge in [0, 0.05) is 36.7 Å². The number of hydrogen-bond acceptors (Lipinski definition) is 8. The van der Waals surface area contributed by atoms with Gasteiger partial charge in [0.15, 0.2) is 5.82 Å². The molecule has 4 heterocycles. The quantitative estimate of drug-likeness (QED) is 0.434. The van der Waals surface area contributed by atoms with E-state index in [-0.39, 0.29) is 11.3 Å². The maximum absolute atomic E-state index is 12.3. The van der Waals surface area contributed by atoms with Crippen LogP contribution in [0.25, 0.3) is 16.6 Å². The molecule has 11 heteroatoms. The summed E-state index contributed by atoms with van der Waals surface area (Å²) in [5.41, 5.74) is 16.6. The molecular formula is C25H30N8O3. The molecule has 0 spiro atoms. The zero-order valence-electron chi connectivity index (χ0n) is 20.6. The van der Waals surface area contributed by atoms with E-state index >= 15 is 0 Å². The number of morpholine rings is 1. The van der Waals surface area contributed by atoms with Crippen molar-refractivity contribution in [2.75, 3.05) is 36.9 Å². The van der Waals surface area contributed by atoms with Crippen LogP contribution in [-0.2, 0) is 16.7 Å². The monoisotopic (exact) mass is 490 g/mol. The van der Waals surface area contributed by atoms with Crippen LogP contribution in [0.2, 0.25) is 0 Å². The molecule has 36 heavy (non-hydrogen) atoms. The Labute approximate surface area is 208 Å². The van der Waals surface area contributed by atoms with Gasteiger partial charge in [-0.25, -0.2) is 19.2 Å². The molecule has 4 N–H and O–H groups in total. The Balaban J connectivity index is 1.49. The van der Waals surface area contributed by atoms with Crippen molar-refractivity contribution in [1.29, 1.82) is 0 Å². The maximum Gasteiger partial charge on any atom is 0.326 e. The van der Waals surface area contributed by atoms with Crippen molar-refractivity contribution in [3.05, 3.63) is 54.1 Å². The third-order valence-electron chi connectivity index (χ3n) is 6.29. The maximum atomic E-state index is 12.3. The molecule has 5 rings (SSSR count). The van der Waals surface area contributed by atoms with Crippen molar-refractivity contribution >= 4 is 28.9 Å². The highest BCUT2D eigenvalue weighted by atomic mass is 16.5. The number of carbonyl (C=O) groups is 1. The van der Waals surface area contributed by atoms with E-state index in [1.807, 2.05) is 49.6 Å². The summed E-state index contributed by atoms with van der Waals surface area (Å²) >= 11 is 0. The predicted octanol–water partition coefficient (Wildman–Crippen LogP) is 3.31. The van der Waals surface area contributed by atoms with Crippen LogP contribution in [0.3, 0.4) is 0 Å². The molecule has 4 aromatic rings. The van der Waals surface area contributed by atoms with Crippen molar-refractivity contribution in [3.63, 3.8) is 0 Å². The molecule has 1 aromatic carbocycles. The minimum Gasteiger partial charge on any atom is -0.382 e. The van der Waals surface area contributed by atoms with Crippen LogP contribution in [0.1, 0.15) is 32.2 Å². The first-order valence-corrected chi connectivity index (χ1v) is 11.8. The summed E-state index contributed by atoms with van der Waals surface area (Å²) in [5, 5.41) is 8.57. The summed E-state index contributed by atoms with van der Waals surface area (Å²) in [6, 6.07) is 10.6. The van der Waals surface area contributed by atoms with Gasteiger partial charge < -0.3 is 20.7 Å². The number of benzene rings is 1. The highest BCUT2D eigenvalue weighted by Crippen LogP contribution is 2.34. The minimum atomic E-state index is -0.667. The van der Waals surface area contributed by atoms with Gasteiger partial charge in [-0.2, -0.15) is 5.10 Å². The fraction of sp³-hybridized carbons (Fsp3) is 0.360. The zero-order chi connectivity index (χ0) is 25.4. The normalized spacial score (nSPS) is 14.9. The largest absolute Gasteiger partial charge is 0.382 e. The second-order valence-electron chi connectivity index (χ2n) is 9.86. The van der Waals surface area contributed by atoms with E-state index in [0.717, 1.165) is 47.7 Å². The molecule has 3 aromatic heterocycles. The minimum absolute atomic E-state index is 0.230. The van der Waals surface area contributed by atoms with E-state index in [1.165, 1.54) is 11.2 Å². The molecule has 1 aliphatic heterocycles. The summed E-state index contributed by atoms with van der Waals surface area (Å²) in [6.07, 6.45) is 1.46. The fourth-order valence-corrected chi connectivity index (χ4v) is 4.33. The molecule has 2 amide bonds. The molecule has 0 bridgehead atoms. The molecule has 1 fully saturated rings. The number of carbonyl (C=O) groups excluding carboxylic acids is 1. The Morgan fingerprint density at radius 1 is 1.14 bits per heavy atom. The van der Waals surface area contributed by atoms with Crippen LogP contribution in [0.15, 0.2) is 47.2 Å². The molecule has 188 valence electrons. The molecular weight excluding hydrogens is 460 g/mol. The Morgan fingerprint density at radius 2 is 1.86 bits per heavy atom. The number of aromatic nitrogens is 4. The lowest BCUT2D eigenvalue weighted by Gasteiger charge is -2.26. The van der Waals surface area contributed by atoms with Crippen LogP contribution >= 0.6 is 0 Å². The molecule has 0 saturated carbocycles. The molecule has 0 atom stereocenters. The van der Waals surface area contributed by atoms with Crippen LogP contribution in [0.5, 0.6) is 0 Å². The van der Waals surface area contributed by atoms with Gasteiger partial charge in [-0.3, -0.25) is 4.90 Å². The summed E-state index contributed by atoms with van der Waals surface area (Å²) in [5.74, 6) is 0.660. The Morgan fingerprint density at radius 3 is 2.50 bits per heavy atom. The average molecular weight is 491 g/mol. The summed E-state index contributed by atoms with van der Waals surface area (Å²) < 4.78 is 12.8. The first kappa shape index (κ1) is 23.8. The molecule has 1 aliphatic rings. The first-order valence-electron chi connectivity index (χ1n) is 11.8. The lowest BCUT2D eigenvalue weighted by molar-refractivity contribution is 0.0334. The molecule has 0 unspecified atom stereocenters. The standard InChI is InChI=1S/C25H30N8O3/c1-25(2,3)20-13-21(36-30-20)32(24(27)34)17-6-4-16(5-7-17)19-12-18(14-31-8-10-35-11-9-31)33-22(19)23(26)28-15-29-33/h4-7,12-13,15H,8-11,14H2,1-3H3,(H2,27,34)(H2,26,28,29). The highest BCUT2D eigenvalue weighted by Gasteiger charge is 2.25. The molecule has 0 aliphatic carbocycles. The number of nitrogens with two attached hydrogens (primary N) is 2. The summed E-state index contributed by atoms with van der Waals surface area (Å²) in [4.78, 5) is 20.2. The SMILES string of the molecule is CC(C)(C)c1cc(N(C(N)=O)c2ccc(-c3cc(CN4CCOCC4)n4ncnc(N)c34)cc2)on1. The highest BCUT2D eigenvalue weighted by molar-refractivity contribution is 5.97. The van der Waals surface area contributed by atoms with E-state index < -0.39 is 6.03 Å². The van der Waals surface area contributed by atoms with E-state index in [1.54, 1.807) is 6.07 Å². The van der Waals surface area contributed by atoms with Crippen LogP contribution < -0.4 is 16.4 Å². The average Bonchev–Trinajstić information content (AvgIpc) is 3.47. The number of nitrogens with zero attached hydrogens (tertiary/aromatic N) is 6. The fourth-order valence-electron chi connectivity index (χ4n) is 4.33. The van der Waals surface area contributed by atoms with Gasteiger partial charge in [-0.15, -0.1) is 0 Å². The van der Waals surface area contributed by atoms with E-state index in [0.29, 0.717) is 24.7 Å². The Bertz CT molecular complexity index is 1380. The number of anilines is 3. The number of primary amides is 1. The van der Waals surface area contributed by atoms with E-state index in [2.05, 4.69) is 26.2 Å². The van der Waals surface area contributed by atoms with Gasteiger partial charge in [0.1, 0.15) is 11.8 Å². The molecule has 11 nitrogen and oxygen atoms in total. The number of hydrogen-bond donors (Lipinski definition) is 2. The second kappa shape index (κ2) is 9.25. The zero-order valence-corrected chi connectivity index (χ0v) is 20.6. The lowest BCUT2D eigenvalue weighted by atomic mass is 9.92.